The maximum atomic E-state index is 13.1. The van der Waals surface area contributed by atoms with Crippen molar-refractivity contribution in [2.45, 2.75) is 39.8 Å². The number of hydrogen-bond donors (Lipinski definition) is 1. The van der Waals surface area contributed by atoms with Crippen molar-refractivity contribution < 1.29 is 9.72 Å². The molecule has 3 aromatic carbocycles. The summed E-state index contributed by atoms with van der Waals surface area (Å²) in [7, 11) is 0. The number of aromatic nitrogens is 1. The summed E-state index contributed by atoms with van der Waals surface area (Å²) in [5.41, 5.74) is 4.02. The highest BCUT2D eigenvalue weighted by molar-refractivity contribution is 8.01. The van der Waals surface area contributed by atoms with Crippen molar-refractivity contribution in [3.63, 3.8) is 0 Å². The molecule has 34 heavy (non-hydrogen) atoms. The molecule has 0 unspecified atom stereocenters. The molecule has 1 amide bonds. The number of nitrogens with zero attached hydrogens (tertiary/aromatic N) is 2. The van der Waals surface area contributed by atoms with Gasteiger partial charge in [0.1, 0.15) is 0 Å². The van der Waals surface area contributed by atoms with E-state index in [-0.39, 0.29) is 11.3 Å². The lowest BCUT2D eigenvalue weighted by Crippen LogP contribution is -2.13. The Morgan fingerprint density at radius 3 is 2.41 bits per heavy atom. The zero-order valence-corrected chi connectivity index (χ0v) is 21.1. The minimum absolute atomic E-state index is 0.134. The second kappa shape index (κ2) is 10.4. The average molecular weight is 508 g/mol. The standard InChI is InChI=1S/C25H21N3O3S3/c1-15-4-5-16(2)23(12-15)33-20-9-6-18(7-10-20)27-24(29)21-13-19(28(30)31)8-11-22(21)34-25-26-17(3)14-32-25/h4-14H,1-3H3,(H,27,29). The lowest BCUT2D eigenvalue weighted by molar-refractivity contribution is -0.384. The summed E-state index contributed by atoms with van der Waals surface area (Å²) in [6.07, 6.45) is 0. The molecular formula is C25H21N3O3S3. The maximum absolute atomic E-state index is 13.1. The van der Waals surface area contributed by atoms with Crippen LogP contribution in [0, 0.1) is 30.9 Å². The summed E-state index contributed by atoms with van der Waals surface area (Å²) in [4.78, 5) is 31.2. The smallest absolute Gasteiger partial charge is 0.270 e. The van der Waals surface area contributed by atoms with Crippen LogP contribution in [0.1, 0.15) is 27.2 Å². The molecule has 0 aliphatic carbocycles. The lowest BCUT2D eigenvalue weighted by Gasteiger charge is -2.10. The van der Waals surface area contributed by atoms with E-state index in [1.165, 1.54) is 51.3 Å². The summed E-state index contributed by atoms with van der Waals surface area (Å²) in [5, 5.41) is 16.1. The minimum atomic E-state index is -0.502. The second-order valence-electron chi connectivity index (χ2n) is 7.64. The molecule has 0 bridgehead atoms. The molecule has 0 aliphatic rings. The third kappa shape index (κ3) is 5.85. The highest BCUT2D eigenvalue weighted by atomic mass is 32.2. The molecule has 1 heterocycles. The number of carbonyl (C=O) groups is 1. The number of aryl methyl sites for hydroxylation is 3. The summed E-state index contributed by atoms with van der Waals surface area (Å²) in [6, 6.07) is 18.2. The van der Waals surface area contributed by atoms with Gasteiger partial charge in [-0.25, -0.2) is 4.98 Å². The molecule has 1 aromatic heterocycles. The number of benzene rings is 3. The number of non-ortho nitro benzene ring substituents is 1. The summed E-state index contributed by atoms with van der Waals surface area (Å²) in [6.45, 7) is 6.04. The number of thiazole rings is 1. The van der Waals surface area contributed by atoms with Gasteiger partial charge in [-0.2, -0.15) is 0 Å². The third-order valence-corrected chi connectivity index (χ3v) is 8.20. The van der Waals surface area contributed by atoms with E-state index in [0.29, 0.717) is 10.6 Å². The molecule has 0 aliphatic heterocycles. The Hall–Kier alpha value is -3.14. The van der Waals surface area contributed by atoms with E-state index in [4.69, 9.17) is 0 Å². The number of hydrogen-bond acceptors (Lipinski definition) is 7. The normalized spacial score (nSPS) is 10.8. The number of amides is 1. The summed E-state index contributed by atoms with van der Waals surface area (Å²) in [5.74, 6) is -0.408. The van der Waals surface area contributed by atoms with Crippen molar-refractivity contribution in [3.05, 3.63) is 98.5 Å². The zero-order valence-electron chi connectivity index (χ0n) is 18.7. The Bertz CT molecular complexity index is 1370. The van der Waals surface area contributed by atoms with Crippen molar-refractivity contribution in [3.8, 4) is 0 Å². The lowest BCUT2D eigenvalue weighted by atomic mass is 10.2. The molecule has 4 aromatic rings. The molecule has 0 atom stereocenters. The van der Waals surface area contributed by atoms with Gasteiger partial charge in [-0.15, -0.1) is 11.3 Å². The van der Waals surface area contributed by atoms with Gasteiger partial charge in [-0.1, -0.05) is 35.7 Å². The van der Waals surface area contributed by atoms with Crippen molar-refractivity contribution >= 4 is 52.1 Å². The Kier molecular flexibility index (Phi) is 7.35. The molecule has 6 nitrogen and oxygen atoms in total. The van der Waals surface area contributed by atoms with Crippen LogP contribution in [0.2, 0.25) is 0 Å². The largest absolute Gasteiger partial charge is 0.322 e. The van der Waals surface area contributed by atoms with Crippen molar-refractivity contribution in [1.82, 2.24) is 4.98 Å². The number of carbonyl (C=O) groups excluding carboxylic acids is 1. The number of rotatable bonds is 7. The van der Waals surface area contributed by atoms with E-state index >= 15 is 0 Å². The van der Waals surface area contributed by atoms with Crippen LogP contribution in [0.15, 0.2) is 85.1 Å². The predicted molar refractivity (Wildman–Crippen MR) is 139 cm³/mol. The third-order valence-electron chi connectivity index (χ3n) is 4.90. The molecule has 9 heteroatoms. The Balaban J connectivity index is 1.53. The van der Waals surface area contributed by atoms with E-state index in [1.54, 1.807) is 17.8 Å². The van der Waals surface area contributed by atoms with Gasteiger partial charge in [0.05, 0.1) is 10.5 Å². The highest BCUT2D eigenvalue weighted by Gasteiger charge is 2.19. The van der Waals surface area contributed by atoms with Crippen LogP contribution in [-0.4, -0.2) is 15.8 Å². The topological polar surface area (TPSA) is 85.1 Å². The first-order chi connectivity index (χ1) is 16.3. The van der Waals surface area contributed by atoms with E-state index in [1.807, 2.05) is 36.6 Å². The molecule has 0 spiro atoms. The van der Waals surface area contributed by atoms with Gasteiger partial charge in [0.15, 0.2) is 4.34 Å². The van der Waals surface area contributed by atoms with Gasteiger partial charge in [-0.3, -0.25) is 14.9 Å². The molecule has 0 saturated heterocycles. The van der Waals surface area contributed by atoms with Gasteiger partial charge in [0, 0.05) is 43.6 Å². The average Bonchev–Trinajstić information content (AvgIpc) is 3.22. The quantitative estimate of drug-likeness (QED) is 0.205. The highest BCUT2D eigenvalue weighted by Crippen LogP contribution is 2.35. The Morgan fingerprint density at radius 2 is 1.74 bits per heavy atom. The molecular weight excluding hydrogens is 486 g/mol. The first kappa shape index (κ1) is 24.0. The van der Waals surface area contributed by atoms with Gasteiger partial charge in [0.2, 0.25) is 0 Å². The fourth-order valence-corrected chi connectivity index (χ4v) is 6.02. The number of anilines is 1. The first-order valence-corrected chi connectivity index (χ1v) is 12.8. The molecule has 4 rings (SSSR count). The van der Waals surface area contributed by atoms with Crippen LogP contribution >= 0.6 is 34.9 Å². The monoisotopic (exact) mass is 507 g/mol. The van der Waals surface area contributed by atoms with Crippen LogP contribution in [0.5, 0.6) is 0 Å². The summed E-state index contributed by atoms with van der Waals surface area (Å²) < 4.78 is 0.772. The van der Waals surface area contributed by atoms with Gasteiger partial charge in [0.25, 0.3) is 11.6 Å². The molecule has 0 fully saturated rings. The molecule has 1 N–H and O–H groups in total. The predicted octanol–water partition coefficient (Wildman–Crippen LogP) is 7.53. The number of nitro groups is 1. The zero-order chi connectivity index (χ0) is 24.2. The SMILES string of the molecule is Cc1ccc(C)c(Sc2ccc(NC(=O)c3cc([N+](=O)[O-])ccc3Sc3nc(C)cs3)cc2)c1. The van der Waals surface area contributed by atoms with Gasteiger partial charge < -0.3 is 5.32 Å². The second-order valence-corrected chi connectivity index (χ2v) is 10.9. The van der Waals surface area contributed by atoms with E-state index < -0.39 is 10.8 Å². The van der Waals surface area contributed by atoms with Crippen LogP contribution in [-0.2, 0) is 0 Å². The minimum Gasteiger partial charge on any atom is -0.322 e. The molecule has 0 saturated carbocycles. The van der Waals surface area contributed by atoms with Crippen LogP contribution < -0.4 is 5.32 Å². The van der Waals surface area contributed by atoms with Gasteiger partial charge >= 0.3 is 0 Å². The van der Waals surface area contributed by atoms with Crippen molar-refractivity contribution in [2.24, 2.45) is 0 Å². The first-order valence-electron chi connectivity index (χ1n) is 10.3. The van der Waals surface area contributed by atoms with E-state index in [0.717, 1.165) is 14.9 Å². The van der Waals surface area contributed by atoms with E-state index in [2.05, 4.69) is 42.3 Å². The van der Waals surface area contributed by atoms with Crippen LogP contribution in [0.4, 0.5) is 11.4 Å². The van der Waals surface area contributed by atoms with Crippen molar-refractivity contribution in [2.75, 3.05) is 5.32 Å². The molecule has 0 radical (unpaired) electrons. The fourth-order valence-electron chi connectivity index (χ4n) is 3.12. The van der Waals surface area contributed by atoms with Crippen LogP contribution in [0.25, 0.3) is 0 Å². The Morgan fingerprint density at radius 1 is 0.971 bits per heavy atom. The Labute approximate surface area is 210 Å². The van der Waals surface area contributed by atoms with E-state index in [9.17, 15) is 14.9 Å². The van der Waals surface area contributed by atoms with Crippen molar-refractivity contribution in [1.29, 1.82) is 0 Å². The maximum Gasteiger partial charge on any atom is 0.270 e. The van der Waals surface area contributed by atoms with Gasteiger partial charge in [-0.05, 0) is 68.3 Å². The van der Waals surface area contributed by atoms with Crippen LogP contribution in [0.3, 0.4) is 0 Å². The summed E-state index contributed by atoms with van der Waals surface area (Å²) >= 11 is 4.45. The molecule has 172 valence electrons. The number of nitro benzene ring substituents is 1. The fraction of sp³-hybridized carbons (Fsp3) is 0.120. The number of nitrogens with one attached hydrogen (secondary N) is 1.